The topological polar surface area (TPSA) is 85.3 Å². The maximum Gasteiger partial charge on any atom is 0.332 e. The van der Waals surface area contributed by atoms with Crippen molar-refractivity contribution in [3.8, 4) is 11.5 Å². The molecule has 0 aliphatic carbocycles. The minimum absolute atomic E-state index is 0.0942. The number of methoxy groups -OCH3 is 2. The number of carboxylic acids is 1. The fourth-order valence-electron chi connectivity index (χ4n) is 3.40. The molecule has 2 atom stereocenters. The van der Waals surface area contributed by atoms with E-state index in [1.165, 1.54) is 0 Å². The zero-order valence-electron chi connectivity index (χ0n) is 14.4. The average molecular weight is 349 g/mol. The molecule has 2 aliphatic heterocycles. The van der Waals surface area contributed by atoms with E-state index in [0.717, 1.165) is 23.5 Å². The summed E-state index contributed by atoms with van der Waals surface area (Å²) in [6, 6.07) is 5.78. The van der Waals surface area contributed by atoms with Gasteiger partial charge in [-0.2, -0.15) is 0 Å². The largest absolute Gasteiger partial charge is 0.497 e. The lowest BCUT2D eigenvalue weighted by Crippen LogP contribution is -2.54. The smallest absolute Gasteiger partial charge is 0.332 e. The number of amides is 1. The molecule has 1 amide bonds. The number of likely N-dealkylation sites (tertiary alicyclic amines) is 1. The molecule has 7 heteroatoms. The van der Waals surface area contributed by atoms with Gasteiger partial charge in [0.2, 0.25) is 0 Å². The molecule has 2 heterocycles. The molecule has 3 rings (SSSR count). The molecule has 1 aromatic carbocycles. The molecule has 0 aromatic heterocycles. The number of ether oxygens (including phenoxy) is 3. The van der Waals surface area contributed by atoms with Gasteiger partial charge in [0.1, 0.15) is 17.6 Å². The first-order valence-electron chi connectivity index (χ1n) is 8.39. The molecule has 1 N–H and O–H groups in total. The van der Waals surface area contributed by atoms with Gasteiger partial charge >= 0.3 is 5.97 Å². The molecule has 0 spiro atoms. The number of carbonyl (C=O) groups excluding carboxylic acids is 1. The van der Waals surface area contributed by atoms with Crippen LogP contribution in [0.5, 0.6) is 11.5 Å². The summed E-state index contributed by atoms with van der Waals surface area (Å²) in [7, 11) is 3.24. The second kappa shape index (κ2) is 7.31. The molecule has 2 fully saturated rings. The molecule has 1 aromatic rings. The summed E-state index contributed by atoms with van der Waals surface area (Å²) in [6.07, 6.45) is 0.242. The average Bonchev–Trinajstić information content (AvgIpc) is 3.07. The minimum atomic E-state index is -0.997. The maximum atomic E-state index is 12.4. The highest BCUT2D eigenvalue weighted by Gasteiger charge is 2.40. The molecule has 7 nitrogen and oxygen atoms in total. The Labute approximate surface area is 146 Å². The number of hydrogen-bond acceptors (Lipinski definition) is 5. The molecule has 0 unspecified atom stereocenters. The third-order valence-corrected chi connectivity index (χ3v) is 4.77. The third-order valence-electron chi connectivity index (χ3n) is 4.77. The molecule has 0 radical (unpaired) electrons. The molecular formula is C18H23NO6. The van der Waals surface area contributed by atoms with Crippen molar-refractivity contribution in [2.24, 2.45) is 5.92 Å². The fourth-order valence-corrected chi connectivity index (χ4v) is 3.40. The zero-order valence-corrected chi connectivity index (χ0v) is 14.4. The summed E-state index contributed by atoms with van der Waals surface area (Å²) >= 11 is 0. The lowest BCUT2D eigenvalue weighted by Gasteiger charge is -2.40. The number of carbonyl (C=O) groups is 2. The highest BCUT2D eigenvalue weighted by Crippen LogP contribution is 2.29. The van der Waals surface area contributed by atoms with Crippen molar-refractivity contribution in [1.82, 2.24) is 4.90 Å². The van der Waals surface area contributed by atoms with Crippen LogP contribution in [0, 0.1) is 5.92 Å². The molecule has 2 saturated heterocycles. The van der Waals surface area contributed by atoms with E-state index in [4.69, 9.17) is 19.3 Å². The van der Waals surface area contributed by atoms with Crippen LogP contribution in [-0.2, 0) is 20.7 Å². The van der Waals surface area contributed by atoms with Gasteiger partial charge in [-0.05, 0) is 42.9 Å². The lowest BCUT2D eigenvalue weighted by atomic mass is 9.91. The van der Waals surface area contributed by atoms with Gasteiger partial charge in [-0.3, -0.25) is 4.79 Å². The van der Waals surface area contributed by atoms with E-state index in [1.807, 2.05) is 18.2 Å². The molecule has 136 valence electrons. The molecule has 0 saturated carbocycles. The summed E-state index contributed by atoms with van der Waals surface area (Å²) in [6.45, 7) is 1.33. The van der Waals surface area contributed by atoms with Crippen LogP contribution in [0.15, 0.2) is 18.2 Å². The van der Waals surface area contributed by atoms with Crippen molar-refractivity contribution >= 4 is 11.9 Å². The van der Waals surface area contributed by atoms with E-state index >= 15 is 0 Å². The number of benzene rings is 1. The van der Waals surface area contributed by atoms with E-state index < -0.39 is 18.2 Å². The monoisotopic (exact) mass is 349 g/mol. The first-order valence-corrected chi connectivity index (χ1v) is 8.39. The standard InChI is InChI=1S/C18H23NO6/c1-23-13-6-11(7-14(8-13)24-2)5-12-9-19(10-12)17(20)15-3-4-16(25-15)18(21)22/h6-8,12,15-16H,3-5,9-10H2,1-2H3,(H,21,22)/t15-,16+/m0/s1. The van der Waals surface area contributed by atoms with Crippen LogP contribution in [0.3, 0.4) is 0 Å². The van der Waals surface area contributed by atoms with E-state index in [-0.39, 0.29) is 5.91 Å². The number of aliphatic carboxylic acids is 1. The predicted octanol–water partition coefficient (Wildman–Crippen LogP) is 1.34. The summed E-state index contributed by atoms with van der Waals surface area (Å²) < 4.78 is 15.9. The van der Waals surface area contributed by atoms with Crippen LogP contribution in [-0.4, -0.2) is 61.4 Å². The van der Waals surface area contributed by atoms with Gasteiger partial charge in [0, 0.05) is 19.2 Å². The van der Waals surface area contributed by atoms with Crippen molar-refractivity contribution in [1.29, 1.82) is 0 Å². The number of carboxylic acid groups (broad SMARTS) is 1. The zero-order chi connectivity index (χ0) is 18.0. The molecule has 0 bridgehead atoms. The van der Waals surface area contributed by atoms with Gasteiger partial charge in [-0.25, -0.2) is 4.79 Å². The van der Waals surface area contributed by atoms with Crippen LogP contribution in [0.4, 0.5) is 0 Å². The highest BCUT2D eigenvalue weighted by atomic mass is 16.5. The third kappa shape index (κ3) is 3.87. The Morgan fingerprint density at radius 3 is 2.24 bits per heavy atom. The minimum Gasteiger partial charge on any atom is -0.497 e. The Hall–Kier alpha value is -2.28. The normalized spacial score (nSPS) is 23.2. The van der Waals surface area contributed by atoms with Crippen LogP contribution in [0.2, 0.25) is 0 Å². The van der Waals surface area contributed by atoms with Crippen molar-refractivity contribution in [3.05, 3.63) is 23.8 Å². The predicted molar refractivity (Wildman–Crippen MR) is 88.9 cm³/mol. The van der Waals surface area contributed by atoms with Crippen LogP contribution < -0.4 is 9.47 Å². The Kier molecular flexibility index (Phi) is 5.13. The van der Waals surface area contributed by atoms with E-state index in [2.05, 4.69) is 0 Å². The quantitative estimate of drug-likeness (QED) is 0.834. The summed E-state index contributed by atoms with van der Waals surface area (Å²) in [5.41, 5.74) is 1.11. The summed E-state index contributed by atoms with van der Waals surface area (Å²) in [5, 5.41) is 8.94. The van der Waals surface area contributed by atoms with E-state index in [0.29, 0.717) is 31.8 Å². The van der Waals surface area contributed by atoms with Crippen molar-refractivity contribution < 1.29 is 28.9 Å². The first-order chi connectivity index (χ1) is 12.0. The van der Waals surface area contributed by atoms with Crippen molar-refractivity contribution in [2.75, 3.05) is 27.3 Å². The van der Waals surface area contributed by atoms with Crippen molar-refractivity contribution in [2.45, 2.75) is 31.5 Å². The Morgan fingerprint density at radius 1 is 1.12 bits per heavy atom. The van der Waals surface area contributed by atoms with E-state index in [9.17, 15) is 9.59 Å². The van der Waals surface area contributed by atoms with Gasteiger partial charge in [0.25, 0.3) is 5.91 Å². The number of nitrogens with zero attached hydrogens (tertiary/aromatic N) is 1. The van der Waals surface area contributed by atoms with E-state index in [1.54, 1.807) is 19.1 Å². The van der Waals surface area contributed by atoms with Crippen LogP contribution in [0.1, 0.15) is 18.4 Å². The molecule has 25 heavy (non-hydrogen) atoms. The van der Waals surface area contributed by atoms with Crippen LogP contribution >= 0.6 is 0 Å². The van der Waals surface area contributed by atoms with Gasteiger partial charge in [0.05, 0.1) is 14.2 Å². The Bertz CT molecular complexity index is 633. The first kappa shape index (κ1) is 17.5. The maximum absolute atomic E-state index is 12.4. The summed E-state index contributed by atoms with van der Waals surface area (Å²) in [5.74, 6) is 0.783. The van der Waals surface area contributed by atoms with Crippen molar-refractivity contribution in [3.63, 3.8) is 0 Å². The van der Waals surface area contributed by atoms with Gasteiger partial charge in [-0.15, -0.1) is 0 Å². The van der Waals surface area contributed by atoms with Gasteiger partial charge < -0.3 is 24.2 Å². The molecular weight excluding hydrogens is 326 g/mol. The van der Waals surface area contributed by atoms with Gasteiger partial charge in [0.15, 0.2) is 6.10 Å². The van der Waals surface area contributed by atoms with Crippen LogP contribution in [0.25, 0.3) is 0 Å². The van der Waals surface area contributed by atoms with Gasteiger partial charge in [-0.1, -0.05) is 0 Å². The summed E-state index contributed by atoms with van der Waals surface area (Å²) in [4.78, 5) is 25.0. The Balaban J connectivity index is 1.51. The second-order valence-electron chi connectivity index (χ2n) is 6.56. The number of rotatable bonds is 6. The SMILES string of the molecule is COc1cc(CC2CN(C(=O)[C@@H]3CC[C@H](C(=O)O)O3)C2)cc(OC)c1. The molecule has 2 aliphatic rings. The fraction of sp³-hybridized carbons (Fsp3) is 0.556. The lowest BCUT2D eigenvalue weighted by molar-refractivity contribution is -0.157. The second-order valence-corrected chi connectivity index (χ2v) is 6.56. The number of hydrogen-bond donors (Lipinski definition) is 1. The Morgan fingerprint density at radius 2 is 1.72 bits per heavy atom. The highest BCUT2D eigenvalue weighted by molar-refractivity contribution is 5.83.